The predicted molar refractivity (Wildman–Crippen MR) is 328 cm³/mol. The molecule has 0 atom stereocenters. The number of rotatable bonds is 12. The van der Waals surface area contributed by atoms with E-state index in [0.717, 1.165) is 72.5 Å². The molecular formula is C72H62N6O2Pt. The number of nitrogens with zero attached hydrogens (tertiary/aromatic N) is 6. The smallest absolute Gasteiger partial charge is 0.498 e. The fourth-order valence-electron chi connectivity index (χ4n) is 11.7. The second-order valence-corrected chi connectivity index (χ2v) is 22.5. The zero-order valence-corrected chi connectivity index (χ0v) is 49.6. The van der Waals surface area contributed by atoms with E-state index in [1.807, 2.05) is 44.2 Å². The molecule has 0 aliphatic heterocycles. The number of hydrogen-bond acceptors (Lipinski definition) is 6. The number of aryl methyl sites for hydroxylation is 2. The number of ether oxygens (including phenoxy) is 1. The molecule has 0 unspecified atom stereocenters. The van der Waals surface area contributed by atoms with Gasteiger partial charge in [0.25, 0.3) is 0 Å². The maximum Gasteiger partial charge on any atom is 2.00 e. The van der Waals surface area contributed by atoms with Gasteiger partial charge >= 0.3 is 21.1 Å². The zero-order valence-electron chi connectivity index (χ0n) is 47.3. The van der Waals surface area contributed by atoms with E-state index >= 15 is 0 Å². The number of aromatic nitrogens is 6. The Morgan fingerprint density at radius 3 is 1.48 bits per heavy atom. The van der Waals surface area contributed by atoms with Crippen molar-refractivity contribution in [1.82, 2.24) is 29.1 Å². The van der Waals surface area contributed by atoms with Gasteiger partial charge in [-0.2, -0.15) is 0 Å². The monoisotopic (exact) mass is 1240 g/mol. The Balaban J connectivity index is 0.00000651. The van der Waals surface area contributed by atoms with Crippen LogP contribution in [0.15, 0.2) is 174 Å². The number of para-hydroxylation sites is 4. The molecule has 13 rings (SSSR count). The first kappa shape index (κ1) is 53.2. The van der Waals surface area contributed by atoms with Crippen molar-refractivity contribution in [3.05, 3.63) is 216 Å². The van der Waals surface area contributed by atoms with Gasteiger partial charge in [-0.05, 0) is 148 Å². The molecule has 5 aromatic heterocycles. The van der Waals surface area contributed by atoms with E-state index in [2.05, 4.69) is 216 Å². The Bertz CT molecular complexity index is 4490. The first-order chi connectivity index (χ1) is 38.8. The second kappa shape index (κ2) is 21.2. The van der Waals surface area contributed by atoms with E-state index in [4.69, 9.17) is 29.1 Å². The summed E-state index contributed by atoms with van der Waals surface area (Å²) in [7, 11) is 0. The number of hydrogen-bond donors (Lipinski definition) is 0. The minimum Gasteiger partial charge on any atom is -0.498 e. The fourth-order valence-corrected chi connectivity index (χ4v) is 11.7. The molecule has 9 heteroatoms. The molecule has 81 heavy (non-hydrogen) atoms. The van der Waals surface area contributed by atoms with Crippen molar-refractivity contribution >= 4 is 55.0 Å². The first-order valence-electron chi connectivity index (χ1n) is 28.0. The minimum atomic E-state index is 0. The Kier molecular flexibility index (Phi) is 13.9. The van der Waals surface area contributed by atoms with Crippen molar-refractivity contribution in [2.75, 3.05) is 0 Å². The van der Waals surface area contributed by atoms with Crippen LogP contribution >= 0.6 is 0 Å². The molecular weight excluding hydrogens is 1180 g/mol. The number of pyridine rings is 2. The summed E-state index contributed by atoms with van der Waals surface area (Å²) in [5, 5.41) is 1.66. The summed E-state index contributed by atoms with van der Waals surface area (Å²) in [5.74, 6) is 3.18. The number of imidazole rings is 2. The van der Waals surface area contributed by atoms with Gasteiger partial charge in [0.2, 0.25) is 0 Å². The summed E-state index contributed by atoms with van der Waals surface area (Å²) in [6, 6.07) is 67.2. The van der Waals surface area contributed by atoms with Crippen LogP contribution in [0.1, 0.15) is 113 Å². The standard InChI is InChI=1S/C72H62N6O2.Pt/c1-41(2)55-35-50(47-22-13-11-14-23-47)36-56(42(3)4)67(55)77-63-30-19-17-28-61(63)75-71(77)49-26-21-27-52(34-49)79-53-39-59-66-70(54-33-32-45(9)73-65(54)46(10)74-66)80-69(59)60(40-53)72-76-62-29-18-20-31-64(62)78(72)68-57(43(5)6)37-51(38-58(68)44(7)8)48-24-15-12-16-25-48;/h11-33,35-39,41-44H,1-10H3;/q-2;+2. The molecule has 0 bridgehead atoms. The van der Waals surface area contributed by atoms with Crippen LogP contribution in [0.5, 0.6) is 11.5 Å². The van der Waals surface area contributed by atoms with Gasteiger partial charge in [-0.1, -0.05) is 164 Å². The fraction of sp³-hybridized carbons (Fsp3) is 0.194. The summed E-state index contributed by atoms with van der Waals surface area (Å²) in [5.41, 5.74) is 21.6. The molecule has 0 aliphatic carbocycles. The minimum absolute atomic E-state index is 0. The Labute approximate surface area is 487 Å². The van der Waals surface area contributed by atoms with Crippen LogP contribution in [0.25, 0.3) is 111 Å². The van der Waals surface area contributed by atoms with Crippen molar-refractivity contribution in [3.63, 3.8) is 0 Å². The van der Waals surface area contributed by atoms with E-state index in [1.165, 1.54) is 44.5 Å². The SMILES string of the molecule is Cc1ccc2c(n1)c(C)nc1c3cc(Oc4[c-]c(-c5nc6ccccc6n5-c5c(C(C)C)cc(-c6ccccc6)cc5C(C)C)ccc4)[c-]c(-c4nc5ccccc5n4-c4c(C(C)C)cc(-c5ccccc5)cc4C(C)C)c3oc21.[Pt+2]. The quantitative estimate of drug-likeness (QED) is 0.113. The Hall–Kier alpha value is -8.45. The largest absolute Gasteiger partial charge is 2.00 e. The maximum atomic E-state index is 7.16. The average molecular weight is 1240 g/mol. The molecule has 402 valence electrons. The van der Waals surface area contributed by atoms with Crippen LogP contribution in [0.2, 0.25) is 0 Å². The molecule has 0 aliphatic rings. The third-order valence-electron chi connectivity index (χ3n) is 15.6. The van der Waals surface area contributed by atoms with Crippen LogP contribution < -0.4 is 4.74 Å². The Morgan fingerprint density at radius 1 is 0.432 bits per heavy atom. The van der Waals surface area contributed by atoms with Crippen LogP contribution in [0.4, 0.5) is 0 Å². The number of furan rings is 1. The predicted octanol–water partition coefficient (Wildman–Crippen LogP) is 19.4. The molecule has 0 amide bonds. The van der Waals surface area contributed by atoms with Crippen LogP contribution in [-0.4, -0.2) is 29.1 Å². The summed E-state index contributed by atoms with van der Waals surface area (Å²) in [4.78, 5) is 21.1. The summed E-state index contributed by atoms with van der Waals surface area (Å²) < 4.78 is 18.9. The van der Waals surface area contributed by atoms with Crippen molar-refractivity contribution < 1.29 is 30.2 Å². The van der Waals surface area contributed by atoms with E-state index in [-0.39, 0.29) is 44.7 Å². The van der Waals surface area contributed by atoms with Crippen molar-refractivity contribution in [3.8, 4) is 67.9 Å². The van der Waals surface area contributed by atoms with Gasteiger partial charge in [-0.15, -0.1) is 23.8 Å². The van der Waals surface area contributed by atoms with Gasteiger partial charge < -0.3 is 18.3 Å². The zero-order chi connectivity index (χ0) is 55.1. The topological polar surface area (TPSA) is 83.8 Å². The molecule has 5 heterocycles. The van der Waals surface area contributed by atoms with Crippen LogP contribution in [-0.2, 0) is 21.1 Å². The molecule has 0 saturated carbocycles. The summed E-state index contributed by atoms with van der Waals surface area (Å²) in [6.45, 7) is 22.2. The summed E-state index contributed by atoms with van der Waals surface area (Å²) >= 11 is 0. The Morgan fingerprint density at radius 2 is 0.938 bits per heavy atom. The molecule has 0 N–H and O–H groups in total. The van der Waals surface area contributed by atoms with Gasteiger partial charge in [0.05, 0.1) is 56.0 Å². The molecule has 13 aromatic rings. The van der Waals surface area contributed by atoms with Crippen molar-refractivity contribution in [1.29, 1.82) is 0 Å². The van der Waals surface area contributed by atoms with Crippen molar-refractivity contribution in [2.45, 2.75) is 92.9 Å². The van der Waals surface area contributed by atoms with Gasteiger partial charge in [0, 0.05) is 34.0 Å². The molecule has 0 spiro atoms. The second-order valence-electron chi connectivity index (χ2n) is 22.5. The molecule has 8 aromatic carbocycles. The van der Waals surface area contributed by atoms with Gasteiger partial charge in [-0.3, -0.25) is 15.0 Å². The van der Waals surface area contributed by atoms with E-state index in [0.29, 0.717) is 39.6 Å². The molecule has 0 fully saturated rings. The molecule has 0 radical (unpaired) electrons. The third-order valence-corrected chi connectivity index (χ3v) is 15.6. The third kappa shape index (κ3) is 9.33. The molecule has 8 nitrogen and oxygen atoms in total. The first-order valence-corrected chi connectivity index (χ1v) is 28.0. The average Bonchev–Trinajstić information content (AvgIpc) is 4.40. The molecule has 0 saturated heterocycles. The van der Waals surface area contributed by atoms with Crippen LogP contribution in [0, 0.1) is 26.0 Å². The maximum absolute atomic E-state index is 7.16. The normalized spacial score (nSPS) is 11.9. The van der Waals surface area contributed by atoms with E-state index < -0.39 is 0 Å². The van der Waals surface area contributed by atoms with Crippen LogP contribution in [0.3, 0.4) is 0 Å². The van der Waals surface area contributed by atoms with Crippen molar-refractivity contribution in [2.24, 2.45) is 0 Å². The summed E-state index contributed by atoms with van der Waals surface area (Å²) in [6.07, 6.45) is 0. The van der Waals surface area contributed by atoms with Gasteiger partial charge in [0.1, 0.15) is 5.58 Å². The van der Waals surface area contributed by atoms with E-state index in [1.54, 1.807) is 0 Å². The van der Waals surface area contributed by atoms with E-state index in [9.17, 15) is 0 Å². The van der Waals surface area contributed by atoms with Gasteiger partial charge in [0.15, 0.2) is 0 Å². The van der Waals surface area contributed by atoms with Gasteiger partial charge in [-0.25, -0.2) is 4.98 Å². The number of benzene rings is 8. The number of fused-ring (bicyclic) bond motifs is 7.